The van der Waals surface area contributed by atoms with E-state index in [1.54, 1.807) is 23.1 Å². The maximum atomic E-state index is 13.5. The molecule has 0 aliphatic carbocycles. The molecule has 9 heteroatoms. The Kier molecular flexibility index (Phi) is 8.09. The number of aromatic nitrogens is 3. The minimum absolute atomic E-state index is 0.0293. The van der Waals surface area contributed by atoms with Crippen LogP contribution in [0.3, 0.4) is 0 Å². The van der Waals surface area contributed by atoms with Gasteiger partial charge in [0.15, 0.2) is 5.65 Å². The fourth-order valence-corrected chi connectivity index (χ4v) is 4.43. The fourth-order valence-electron chi connectivity index (χ4n) is 4.43. The predicted molar refractivity (Wildman–Crippen MR) is 134 cm³/mol. The Labute approximate surface area is 205 Å². The van der Waals surface area contributed by atoms with Crippen LogP contribution in [0.5, 0.6) is 0 Å². The Morgan fingerprint density at radius 3 is 2.77 bits per heavy atom. The van der Waals surface area contributed by atoms with Gasteiger partial charge in [-0.2, -0.15) is 5.10 Å². The fraction of sp³-hybridized carbons (Fsp3) is 0.462. The number of nitrogens with one attached hydrogen (secondary N) is 1. The third kappa shape index (κ3) is 5.86. The summed E-state index contributed by atoms with van der Waals surface area (Å²) < 4.78 is 1.59. The Hall–Kier alpha value is -3.30. The molecule has 0 radical (unpaired) electrons. The van der Waals surface area contributed by atoms with E-state index in [0.29, 0.717) is 63.2 Å². The van der Waals surface area contributed by atoms with E-state index in [4.69, 9.17) is 0 Å². The Balaban J connectivity index is 1.55. The molecule has 2 aromatic heterocycles. The number of fused-ring (bicyclic) bond motifs is 2. The normalized spacial score (nSPS) is 15.2. The summed E-state index contributed by atoms with van der Waals surface area (Å²) in [5.41, 5.74) is 3.82. The lowest BCUT2D eigenvalue weighted by Gasteiger charge is -2.27. The van der Waals surface area contributed by atoms with Crippen LogP contribution >= 0.6 is 0 Å². The van der Waals surface area contributed by atoms with Gasteiger partial charge in [0.2, 0.25) is 5.91 Å². The van der Waals surface area contributed by atoms with Crippen LogP contribution in [0.1, 0.15) is 48.2 Å². The SMILES string of the molecule is CC(C)CC(=O)N1CCCN(C(=O)c2cnn3cc(CCO)cnc23)CCNCc2ccccc21. The van der Waals surface area contributed by atoms with Gasteiger partial charge in [-0.05, 0) is 36.0 Å². The molecule has 0 atom stereocenters. The molecule has 0 bridgehead atoms. The molecule has 0 saturated carbocycles. The number of aliphatic hydroxyl groups excluding tert-OH is 1. The van der Waals surface area contributed by atoms with Gasteiger partial charge in [-0.3, -0.25) is 9.59 Å². The number of benzene rings is 1. The van der Waals surface area contributed by atoms with E-state index in [1.165, 1.54) is 0 Å². The van der Waals surface area contributed by atoms with Crippen LogP contribution in [-0.4, -0.2) is 69.2 Å². The van der Waals surface area contributed by atoms with Gasteiger partial charge in [0.25, 0.3) is 5.91 Å². The maximum absolute atomic E-state index is 13.5. The van der Waals surface area contributed by atoms with Crippen molar-refractivity contribution in [2.24, 2.45) is 5.92 Å². The van der Waals surface area contributed by atoms with Gasteiger partial charge in [-0.1, -0.05) is 32.0 Å². The van der Waals surface area contributed by atoms with E-state index < -0.39 is 0 Å². The highest BCUT2D eigenvalue weighted by Gasteiger charge is 2.24. The highest BCUT2D eigenvalue weighted by Crippen LogP contribution is 2.23. The molecular formula is C26H34N6O3. The number of nitrogens with zero attached hydrogens (tertiary/aromatic N) is 5. The molecule has 2 N–H and O–H groups in total. The third-order valence-electron chi connectivity index (χ3n) is 6.18. The van der Waals surface area contributed by atoms with Crippen LogP contribution < -0.4 is 10.2 Å². The van der Waals surface area contributed by atoms with E-state index in [9.17, 15) is 14.7 Å². The summed E-state index contributed by atoms with van der Waals surface area (Å²) in [4.78, 5) is 34.8. The first-order valence-electron chi connectivity index (χ1n) is 12.3. The summed E-state index contributed by atoms with van der Waals surface area (Å²) in [5.74, 6) is 0.251. The zero-order chi connectivity index (χ0) is 24.8. The quantitative estimate of drug-likeness (QED) is 0.583. The number of anilines is 1. The predicted octanol–water partition coefficient (Wildman–Crippen LogP) is 2.28. The summed E-state index contributed by atoms with van der Waals surface area (Å²) in [6.45, 7) is 6.99. The Morgan fingerprint density at radius 1 is 1.14 bits per heavy atom. The van der Waals surface area contributed by atoms with Crippen molar-refractivity contribution in [3.05, 3.63) is 59.5 Å². The Morgan fingerprint density at radius 2 is 1.97 bits per heavy atom. The maximum Gasteiger partial charge on any atom is 0.259 e. The molecule has 35 heavy (non-hydrogen) atoms. The molecule has 3 heterocycles. The second kappa shape index (κ2) is 11.4. The minimum atomic E-state index is -0.124. The van der Waals surface area contributed by atoms with Crippen molar-refractivity contribution < 1.29 is 14.7 Å². The van der Waals surface area contributed by atoms with Crippen molar-refractivity contribution in [1.29, 1.82) is 0 Å². The summed E-state index contributed by atoms with van der Waals surface area (Å²) in [6.07, 6.45) is 6.65. The van der Waals surface area contributed by atoms with Crippen LogP contribution in [-0.2, 0) is 17.8 Å². The number of aliphatic hydroxyl groups is 1. The zero-order valence-corrected chi connectivity index (χ0v) is 20.5. The largest absolute Gasteiger partial charge is 0.396 e. The average molecular weight is 479 g/mol. The first-order valence-corrected chi connectivity index (χ1v) is 12.3. The van der Waals surface area contributed by atoms with E-state index in [1.807, 2.05) is 28.0 Å². The summed E-state index contributed by atoms with van der Waals surface area (Å²) in [6, 6.07) is 8.01. The van der Waals surface area contributed by atoms with Crippen LogP contribution in [0.4, 0.5) is 5.69 Å². The van der Waals surface area contributed by atoms with Crippen molar-refractivity contribution in [3.8, 4) is 0 Å². The highest BCUT2D eigenvalue weighted by molar-refractivity contribution is 5.99. The van der Waals surface area contributed by atoms with Crippen molar-refractivity contribution in [2.75, 3.05) is 37.7 Å². The third-order valence-corrected chi connectivity index (χ3v) is 6.18. The topological polar surface area (TPSA) is 103 Å². The number of amides is 2. The monoisotopic (exact) mass is 478 g/mol. The molecule has 0 spiro atoms. The van der Waals surface area contributed by atoms with Crippen LogP contribution in [0.2, 0.25) is 0 Å². The van der Waals surface area contributed by atoms with Crippen molar-refractivity contribution >= 4 is 23.1 Å². The zero-order valence-electron chi connectivity index (χ0n) is 20.5. The van der Waals surface area contributed by atoms with Crippen molar-refractivity contribution in [1.82, 2.24) is 24.8 Å². The lowest BCUT2D eigenvalue weighted by Crippen LogP contribution is -2.39. The minimum Gasteiger partial charge on any atom is -0.396 e. The first-order chi connectivity index (χ1) is 17.0. The second-order valence-electron chi connectivity index (χ2n) is 9.36. The van der Waals surface area contributed by atoms with Gasteiger partial charge >= 0.3 is 0 Å². The molecule has 1 aliphatic heterocycles. The molecule has 2 amide bonds. The molecule has 9 nitrogen and oxygen atoms in total. The number of rotatable bonds is 5. The molecular weight excluding hydrogens is 444 g/mol. The second-order valence-corrected chi connectivity index (χ2v) is 9.36. The lowest BCUT2D eigenvalue weighted by molar-refractivity contribution is -0.119. The first kappa shape index (κ1) is 24.8. The smallest absolute Gasteiger partial charge is 0.259 e. The van der Waals surface area contributed by atoms with E-state index in [0.717, 1.165) is 16.8 Å². The van der Waals surface area contributed by atoms with Gasteiger partial charge in [0, 0.05) is 63.8 Å². The molecule has 0 unspecified atom stereocenters. The number of hydrogen-bond donors (Lipinski definition) is 2. The van der Waals surface area contributed by atoms with Gasteiger partial charge < -0.3 is 20.2 Å². The Bertz CT molecular complexity index is 1170. The summed E-state index contributed by atoms with van der Waals surface area (Å²) >= 11 is 0. The molecule has 1 aliphatic rings. The number of para-hydroxylation sites is 1. The van der Waals surface area contributed by atoms with E-state index in [2.05, 4.69) is 35.3 Å². The van der Waals surface area contributed by atoms with Crippen LogP contribution in [0.25, 0.3) is 5.65 Å². The van der Waals surface area contributed by atoms with Crippen molar-refractivity contribution in [3.63, 3.8) is 0 Å². The summed E-state index contributed by atoms with van der Waals surface area (Å²) in [5, 5.41) is 16.9. The van der Waals surface area contributed by atoms with Crippen molar-refractivity contribution in [2.45, 2.75) is 39.7 Å². The standard InChI is InChI=1S/C26H34N6O3/c1-19(2)14-24(34)31-11-5-10-30(12-9-27-16-21-6-3-4-7-23(21)31)26(35)22-17-29-32-18-20(8-13-33)15-28-25(22)32/h3-4,6-7,15,17-19,27,33H,5,8-14,16H2,1-2H3. The van der Waals surface area contributed by atoms with E-state index >= 15 is 0 Å². The van der Waals surface area contributed by atoms with Crippen LogP contribution in [0.15, 0.2) is 42.9 Å². The van der Waals surface area contributed by atoms with Gasteiger partial charge in [0.05, 0.1) is 6.20 Å². The highest BCUT2D eigenvalue weighted by atomic mass is 16.3. The van der Waals surface area contributed by atoms with Gasteiger partial charge in [-0.15, -0.1) is 0 Å². The molecule has 0 saturated heterocycles. The van der Waals surface area contributed by atoms with Crippen LogP contribution in [0, 0.1) is 5.92 Å². The van der Waals surface area contributed by atoms with Gasteiger partial charge in [-0.25, -0.2) is 9.50 Å². The molecule has 4 rings (SSSR count). The molecule has 0 fully saturated rings. The number of hydrogen-bond acceptors (Lipinski definition) is 6. The number of carbonyl (C=O) groups is 2. The molecule has 1 aromatic carbocycles. The van der Waals surface area contributed by atoms with E-state index in [-0.39, 0.29) is 24.3 Å². The molecule has 186 valence electrons. The average Bonchev–Trinajstić information content (AvgIpc) is 3.24. The summed E-state index contributed by atoms with van der Waals surface area (Å²) in [7, 11) is 0. The number of carbonyl (C=O) groups excluding carboxylic acids is 2. The van der Waals surface area contributed by atoms with Gasteiger partial charge in [0.1, 0.15) is 5.56 Å². The lowest BCUT2D eigenvalue weighted by atomic mass is 10.1. The molecule has 3 aromatic rings.